The Hall–Kier alpha value is -3.25. The minimum Gasteiger partial charge on any atom is -0.352 e. The van der Waals surface area contributed by atoms with Gasteiger partial charge in [0, 0.05) is 44.2 Å². The summed E-state index contributed by atoms with van der Waals surface area (Å²) in [6, 6.07) is 13.0. The zero-order valence-electron chi connectivity index (χ0n) is 17.9. The van der Waals surface area contributed by atoms with Gasteiger partial charge >= 0.3 is 0 Å². The van der Waals surface area contributed by atoms with Gasteiger partial charge in [-0.3, -0.25) is 19.6 Å². The van der Waals surface area contributed by atoms with E-state index in [0.29, 0.717) is 35.3 Å². The standard InChI is InChI=1S/C25H25ClN4O2/c1-17(31)30(16-19-2-3-19)24-7-5-20(14-22(24)26)23-6-4-21(15-29-23)25(32)28-13-10-18-8-11-27-12-9-18/h4-9,11-12,14-15,19H,2-3,10,13,16H2,1H3,(H,28,32). The molecule has 6 nitrogen and oxygen atoms in total. The molecule has 32 heavy (non-hydrogen) atoms. The summed E-state index contributed by atoms with van der Waals surface area (Å²) in [5.41, 5.74) is 3.88. The largest absolute Gasteiger partial charge is 0.352 e. The van der Waals surface area contributed by atoms with Crippen LogP contribution in [0.2, 0.25) is 5.02 Å². The van der Waals surface area contributed by atoms with Crippen molar-refractivity contribution in [1.82, 2.24) is 15.3 Å². The van der Waals surface area contributed by atoms with Crippen molar-refractivity contribution in [2.45, 2.75) is 26.2 Å². The Labute approximate surface area is 192 Å². The van der Waals surface area contributed by atoms with Crippen LogP contribution in [-0.2, 0) is 11.2 Å². The topological polar surface area (TPSA) is 75.2 Å². The molecule has 0 atom stereocenters. The molecule has 2 heterocycles. The van der Waals surface area contributed by atoms with Crippen LogP contribution in [0.5, 0.6) is 0 Å². The number of anilines is 1. The van der Waals surface area contributed by atoms with Crippen LogP contribution in [-0.4, -0.2) is 34.9 Å². The lowest BCUT2D eigenvalue weighted by Gasteiger charge is -2.22. The molecule has 164 valence electrons. The molecule has 1 N–H and O–H groups in total. The second kappa shape index (κ2) is 9.92. The molecule has 0 radical (unpaired) electrons. The number of pyridine rings is 2. The van der Waals surface area contributed by atoms with Crippen molar-refractivity contribution in [2.24, 2.45) is 5.92 Å². The summed E-state index contributed by atoms with van der Waals surface area (Å²) >= 11 is 6.52. The van der Waals surface area contributed by atoms with E-state index in [4.69, 9.17) is 11.6 Å². The predicted molar refractivity (Wildman–Crippen MR) is 126 cm³/mol. The van der Waals surface area contributed by atoms with Crippen LogP contribution in [0.3, 0.4) is 0 Å². The molecular weight excluding hydrogens is 424 g/mol. The lowest BCUT2D eigenvalue weighted by molar-refractivity contribution is -0.116. The quantitative estimate of drug-likeness (QED) is 0.549. The molecule has 0 bridgehead atoms. The van der Waals surface area contributed by atoms with Gasteiger partial charge in [-0.2, -0.15) is 0 Å². The second-order valence-corrected chi connectivity index (χ2v) is 8.44. The molecule has 7 heteroatoms. The van der Waals surface area contributed by atoms with E-state index in [1.807, 2.05) is 30.3 Å². The molecule has 3 aromatic rings. The van der Waals surface area contributed by atoms with Gasteiger partial charge < -0.3 is 10.2 Å². The van der Waals surface area contributed by atoms with E-state index < -0.39 is 0 Å². The number of benzene rings is 1. The van der Waals surface area contributed by atoms with E-state index in [0.717, 1.165) is 36.1 Å². The van der Waals surface area contributed by atoms with Crippen LogP contribution < -0.4 is 10.2 Å². The highest BCUT2D eigenvalue weighted by atomic mass is 35.5. The summed E-state index contributed by atoms with van der Waals surface area (Å²) in [6.45, 7) is 2.81. The number of nitrogens with zero attached hydrogens (tertiary/aromatic N) is 3. The van der Waals surface area contributed by atoms with Gasteiger partial charge in [0.1, 0.15) is 0 Å². The molecule has 0 aliphatic heterocycles. The maximum absolute atomic E-state index is 12.4. The monoisotopic (exact) mass is 448 g/mol. The Kier molecular flexibility index (Phi) is 6.81. The number of rotatable bonds is 8. The SMILES string of the molecule is CC(=O)N(CC1CC1)c1ccc(-c2ccc(C(=O)NCCc3ccncc3)cn2)cc1Cl. The first kappa shape index (κ1) is 22.0. The zero-order chi connectivity index (χ0) is 22.5. The van der Waals surface area contributed by atoms with Gasteiger partial charge in [-0.05, 0) is 67.1 Å². The van der Waals surface area contributed by atoms with Gasteiger partial charge in [-0.1, -0.05) is 17.7 Å². The molecule has 1 aliphatic carbocycles. The van der Waals surface area contributed by atoms with Crippen molar-refractivity contribution >= 4 is 29.1 Å². The predicted octanol–water partition coefficient (Wildman–Crippen LogP) is 4.53. The number of amides is 2. The van der Waals surface area contributed by atoms with Crippen LogP contribution in [0.4, 0.5) is 5.69 Å². The van der Waals surface area contributed by atoms with Crippen molar-refractivity contribution in [1.29, 1.82) is 0 Å². The Balaban J connectivity index is 1.40. The zero-order valence-corrected chi connectivity index (χ0v) is 18.7. The normalized spacial score (nSPS) is 12.9. The fraction of sp³-hybridized carbons (Fsp3) is 0.280. The number of hydrogen-bond donors (Lipinski definition) is 1. The third kappa shape index (κ3) is 5.51. The Bertz CT molecular complexity index is 1100. The molecule has 4 rings (SSSR count). The van der Waals surface area contributed by atoms with Crippen molar-refractivity contribution < 1.29 is 9.59 Å². The van der Waals surface area contributed by atoms with Crippen LogP contribution in [0, 0.1) is 5.92 Å². The van der Waals surface area contributed by atoms with E-state index in [1.54, 1.807) is 42.5 Å². The third-order valence-corrected chi connectivity index (χ3v) is 5.83. The Morgan fingerprint density at radius 2 is 1.91 bits per heavy atom. The summed E-state index contributed by atoms with van der Waals surface area (Å²) in [7, 11) is 0. The number of hydrogen-bond acceptors (Lipinski definition) is 4. The fourth-order valence-electron chi connectivity index (χ4n) is 3.51. The average molecular weight is 449 g/mol. The summed E-state index contributed by atoms with van der Waals surface area (Å²) in [6.07, 6.45) is 8.10. The van der Waals surface area contributed by atoms with E-state index in [2.05, 4.69) is 15.3 Å². The summed E-state index contributed by atoms with van der Waals surface area (Å²) in [4.78, 5) is 34.6. The van der Waals surface area contributed by atoms with Crippen molar-refractivity contribution in [2.75, 3.05) is 18.0 Å². The lowest BCUT2D eigenvalue weighted by Crippen LogP contribution is -2.30. The highest BCUT2D eigenvalue weighted by Gasteiger charge is 2.27. The van der Waals surface area contributed by atoms with E-state index in [1.165, 1.54) is 0 Å². The molecule has 1 saturated carbocycles. The molecule has 0 saturated heterocycles. The number of nitrogens with one attached hydrogen (secondary N) is 1. The molecule has 1 fully saturated rings. The van der Waals surface area contributed by atoms with Crippen molar-refractivity contribution in [3.63, 3.8) is 0 Å². The van der Waals surface area contributed by atoms with E-state index in [-0.39, 0.29) is 11.8 Å². The van der Waals surface area contributed by atoms with Crippen LogP contribution in [0.1, 0.15) is 35.7 Å². The molecule has 1 aliphatic rings. The number of carbonyl (C=O) groups excluding carboxylic acids is 2. The molecular formula is C25H25ClN4O2. The molecule has 1 aromatic carbocycles. The van der Waals surface area contributed by atoms with E-state index in [9.17, 15) is 9.59 Å². The molecule has 0 unspecified atom stereocenters. The first-order chi connectivity index (χ1) is 15.5. The lowest BCUT2D eigenvalue weighted by atomic mass is 10.1. The van der Waals surface area contributed by atoms with Crippen molar-refractivity contribution in [3.05, 3.63) is 77.2 Å². The first-order valence-electron chi connectivity index (χ1n) is 10.7. The maximum Gasteiger partial charge on any atom is 0.252 e. The number of carbonyl (C=O) groups is 2. The smallest absolute Gasteiger partial charge is 0.252 e. The van der Waals surface area contributed by atoms with E-state index >= 15 is 0 Å². The highest BCUT2D eigenvalue weighted by Crippen LogP contribution is 2.35. The highest BCUT2D eigenvalue weighted by molar-refractivity contribution is 6.34. The Morgan fingerprint density at radius 3 is 2.53 bits per heavy atom. The minimum atomic E-state index is -0.163. The van der Waals surface area contributed by atoms with Gasteiger partial charge in [-0.25, -0.2) is 0 Å². The summed E-state index contributed by atoms with van der Waals surface area (Å²) < 4.78 is 0. The van der Waals surface area contributed by atoms with Crippen molar-refractivity contribution in [3.8, 4) is 11.3 Å². The minimum absolute atomic E-state index is 0.0102. The van der Waals surface area contributed by atoms with Gasteiger partial charge in [-0.15, -0.1) is 0 Å². The van der Waals surface area contributed by atoms with Crippen LogP contribution in [0.15, 0.2) is 61.1 Å². The summed E-state index contributed by atoms with van der Waals surface area (Å²) in [5, 5.41) is 3.42. The summed E-state index contributed by atoms with van der Waals surface area (Å²) in [5.74, 6) is 0.396. The van der Waals surface area contributed by atoms with Gasteiger partial charge in [0.2, 0.25) is 5.91 Å². The maximum atomic E-state index is 12.4. The molecule has 2 amide bonds. The van der Waals surface area contributed by atoms with Crippen LogP contribution in [0.25, 0.3) is 11.3 Å². The number of halogens is 1. The Morgan fingerprint density at radius 1 is 1.12 bits per heavy atom. The van der Waals surface area contributed by atoms with Gasteiger partial charge in [0.15, 0.2) is 0 Å². The van der Waals surface area contributed by atoms with Gasteiger partial charge in [0.25, 0.3) is 5.91 Å². The molecule has 0 spiro atoms. The average Bonchev–Trinajstić information content (AvgIpc) is 3.63. The first-order valence-corrected chi connectivity index (χ1v) is 11.1. The molecule has 2 aromatic heterocycles. The second-order valence-electron chi connectivity index (χ2n) is 8.03. The number of aromatic nitrogens is 2. The van der Waals surface area contributed by atoms with Crippen LogP contribution >= 0.6 is 11.6 Å². The van der Waals surface area contributed by atoms with Gasteiger partial charge in [0.05, 0.1) is 22.0 Å². The fourth-order valence-corrected chi connectivity index (χ4v) is 3.79. The third-order valence-electron chi connectivity index (χ3n) is 5.53.